The van der Waals surface area contributed by atoms with Gasteiger partial charge >= 0.3 is 5.97 Å². The number of methoxy groups -OCH3 is 1. The molecule has 7 nitrogen and oxygen atoms in total. The van der Waals surface area contributed by atoms with Crippen LogP contribution >= 0.6 is 15.9 Å². The zero-order valence-electron chi connectivity index (χ0n) is 22.8. The van der Waals surface area contributed by atoms with E-state index < -0.39 is 29.4 Å². The second-order valence-corrected chi connectivity index (χ2v) is 10.9. The Morgan fingerprint density at radius 1 is 1.10 bits per heavy atom. The minimum Gasteiger partial charge on any atom is -0.496 e. The first-order valence-electron chi connectivity index (χ1n) is 13.1. The molecule has 0 aromatic heterocycles. The van der Waals surface area contributed by atoms with Gasteiger partial charge in [-0.05, 0) is 70.4 Å². The number of anilines is 2. The average Bonchev–Trinajstić information content (AvgIpc) is 3.28. The van der Waals surface area contributed by atoms with E-state index in [0.29, 0.717) is 21.3 Å². The quantitative estimate of drug-likeness (QED) is 0.249. The van der Waals surface area contributed by atoms with Crippen LogP contribution in [0, 0.1) is 16.7 Å². The first-order chi connectivity index (χ1) is 19.3. The molecule has 8 heteroatoms. The molecule has 0 spiro atoms. The number of benzene rings is 3. The summed E-state index contributed by atoms with van der Waals surface area (Å²) in [5, 5.41) is 10.9. The van der Waals surface area contributed by atoms with Gasteiger partial charge in [0.15, 0.2) is 11.2 Å². The van der Waals surface area contributed by atoms with Crippen molar-refractivity contribution in [3.8, 4) is 11.8 Å². The second kappa shape index (κ2) is 10.8. The van der Waals surface area contributed by atoms with Gasteiger partial charge in [0.1, 0.15) is 11.8 Å². The molecule has 4 unspecified atom stereocenters. The van der Waals surface area contributed by atoms with E-state index in [2.05, 4.69) is 22.0 Å². The molecule has 4 atom stereocenters. The van der Waals surface area contributed by atoms with Crippen LogP contribution in [-0.4, -0.2) is 51.6 Å². The van der Waals surface area contributed by atoms with Gasteiger partial charge in [-0.1, -0.05) is 42.5 Å². The SMILES string of the molecule is CCOC(=O)C1(C#N)C(c2ccc(N(C)C)cc2)C(C(=O)c2ccc(OC)c(Br)c2)N2c3ccccc3C=CC21. The van der Waals surface area contributed by atoms with Crippen molar-refractivity contribution in [1.29, 1.82) is 5.26 Å². The van der Waals surface area contributed by atoms with Gasteiger partial charge in [-0.3, -0.25) is 9.59 Å². The van der Waals surface area contributed by atoms with Crippen LogP contribution < -0.4 is 14.5 Å². The molecule has 40 heavy (non-hydrogen) atoms. The summed E-state index contributed by atoms with van der Waals surface area (Å²) in [6, 6.07) is 21.4. The number of carbonyl (C=O) groups is 2. The van der Waals surface area contributed by atoms with E-state index in [1.165, 1.54) is 0 Å². The fourth-order valence-electron chi connectivity index (χ4n) is 5.96. The molecule has 0 aliphatic carbocycles. The summed E-state index contributed by atoms with van der Waals surface area (Å²) in [6.07, 6.45) is 3.78. The molecule has 0 radical (unpaired) electrons. The van der Waals surface area contributed by atoms with E-state index in [1.807, 2.05) is 84.6 Å². The maximum absolute atomic E-state index is 14.6. The third-order valence-electron chi connectivity index (χ3n) is 7.82. The maximum atomic E-state index is 14.6. The number of para-hydroxylation sites is 1. The molecule has 2 heterocycles. The number of ketones is 1. The van der Waals surface area contributed by atoms with Gasteiger partial charge in [-0.15, -0.1) is 0 Å². The number of hydrogen-bond acceptors (Lipinski definition) is 7. The fourth-order valence-corrected chi connectivity index (χ4v) is 6.50. The van der Waals surface area contributed by atoms with Crippen molar-refractivity contribution in [3.63, 3.8) is 0 Å². The summed E-state index contributed by atoms with van der Waals surface area (Å²) >= 11 is 3.51. The molecule has 0 N–H and O–H groups in total. The van der Waals surface area contributed by atoms with Crippen LogP contribution in [0.15, 0.2) is 77.3 Å². The first-order valence-corrected chi connectivity index (χ1v) is 13.9. The molecular formula is C32H30BrN3O4. The van der Waals surface area contributed by atoms with Crippen molar-refractivity contribution in [2.75, 3.05) is 37.6 Å². The van der Waals surface area contributed by atoms with E-state index >= 15 is 0 Å². The summed E-state index contributed by atoms with van der Waals surface area (Å²) in [5.41, 5.74) is 2.14. The number of carbonyl (C=O) groups excluding carboxylic acids is 2. The number of hydrogen-bond donors (Lipinski definition) is 0. The molecule has 1 saturated heterocycles. The monoisotopic (exact) mass is 599 g/mol. The Morgan fingerprint density at radius 2 is 1.82 bits per heavy atom. The minimum absolute atomic E-state index is 0.117. The second-order valence-electron chi connectivity index (χ2n) is 10.1. The number of esters is 1. The van der Waals surface area contributed by atoms with Crippen LogP contribution in [0.1, 0.15) is 34.3 Å². The highest BCUT2D eigenvalue weighted by Gasteiger charge is 2.67. The highest BCUT2D eigenvalue weighted by molar-refractivity contribution is 9.10. The summed E-state index contributed by atoms with van der Waals surface area (Å²) in [6.45, 7) is 1.84. The number of nitrogens with zero attached hydrogens (tertiary/aromatic N) is 3. The lowest BCUT2D eigenvalue weighted by Gasteiger charge is -2.36. The van der Waals surface area contributed by atoms with Crippen LogP contribution in [0.4, 0.5) is 11.4 Å². The highest BCUT2D eigenvalue weighted by Crippen LogP contribution is 2.56. The molecule has 5 rings (SSSR count). The molecule has 0 bridgehead atoms. The van der Waals surface area contributed by atoms with E-state index in [0.717, 1.165) is 16.9 Å². The molecule has 0 amide bonds. The van der Waals surface area contributed by atoms with Crippen LogP contribution in [0.2, 0.25) is 0 Å². The van der Waals surface area contributed by atoms with E-state index in [1.54, 1.807) is 32.2 Å². The van der Waals surface area contributed by atoms with Crippen LogP contribution in [0.3, 0.4) is 0 Å². The molecule has 0 saturated carbocycles. The van der Waals surface area contributed by atoms with Gasteiger partial charge < -0.3 is 19.3 Å². The van der Waals surface area contributed by atoms with E-state index in [9.17, 15) is 14.9 Å². The Labute approximate surface area is 242 Å². The number of fused-ring (bicyclic) bond motifs is 3. The zero-order valence-corrected chi connectivity index (χ0v) is 24.4. The Morgan fingerprint density at radius 3 is 2.45 bits per heavy atom. The van der Waals surface area contributed by atoms with Gasteiger partial charge in [0.25, 0.3) is 0 Å². The number of rotatable bonds is 7. The van der Waals surface area contributed by atoms with Crippen molar-refractivity contribution < 1.29 is 19.1 Å². The van der Waals surface area contributed by atoms with Gasteiger partial charge in [0.05, 0.1) is 30.3 Å². The summed E-state index contributed by atoms with van der Waals surface area (Å²) in [7, 11) is 5.45. The molecule has 1 fully saturated rings. The number of nitriles is 1. The Hall–Kier alpha value is -4.09. The van der Waals surface area contributed by atoms with Crippen molar-refractivity contribution >= 4 is 45.1 Å². The normalized spacial score (nSPS) is 22.6. The van der Waals surface area contributed by atoms with Gasteiger partial charge in [0, 0.05) is 37.0 Å². The Balaban J connectivity index is 1.78. The summed E-state index contributed by atoms with van der Waals surface area (Å²) in [5.74, 6) is -1.06. The highest BCUT2D eigenvalue weighted by atomic mass is 79.9. The average molecular weight is 601 g/mol. The third-order valence-corrected chi connectivity index (χ3v) is 8.44. The molecule has 3 aromatic carbocycles. The summed E-state index contributed by atoms with van der Waals surface area (Å²) in [4.78, 5) is 32.4. The van der Waals surface area contributed by atoms with Crippen molar-refractivity contribution in [2.24, 2.45) is 5.41 Å². The number of Topliss-reactive ketones (excluding diaryl/α,β-unsaturated/α-hetero) is 1. The third kappa shape index (κ3) is 4.25. The molecular weight excluding hydrogens is 570 g/mol. The number of halogens is 1. The van der Waals surface area contributed by atoms with Crippen LogP contribution in [0.5, 0.6) is 5.75 Å². The predicted molar refractivity (Wildman–Crippen MR) is 159 cm³/mol. The van der Waals surface area contributed by atoms with Gasteiger partial charge in [0.2, 0.25) is 0 Å². The Bertz CT molecular complexity index is 1530. The zero-order chi connectivity index (χ0) is 28.6. The van der Waals surface area contributed by atoms with Crippen LogP contribution in [-0.2, 0) is 9.53 Å². The van der Waals surface area contributed by atoms with Crippen LogP contribution in [0.25, 0.3) is 6.08 Å². The lowest BCUT2D eigenvalue weighted by Crippen LogP contribution is -2.47. The summed E-state index contributed by atoms with van der Waals surface area (Å²) < 4.78 is 11.6. The van der Waals surface area contributed by atoms with Crippen molar-refractivity contribution in [3.05, 3.63) is 94.0 Å². The van der Waals surface area contributed by atoms with Crippen molar-refractivity contribution in [1.82, 2.24) is 0 Å². The van der Waals surface area contributed by atoms with Crippen molar-refractivity contribution in [2.45, 2.75) is 24.9 Å². The predicted octanol–water partition coefficient (Wildman–Crippen LogP) is 5.85. The Kier molecular flexibility index (Phi) is 7.43. The lowest BCUT2D eigenvalue weighted by molar-refractivity contribution is -0.152. The largest absolute Gasteiger partial charge is 0.496 e. The topological polar surface area (TPSA) is 82.9 Å². The van der Waals surface area contributed by atoms with Gasteiger partial charge in [-0.25, -0.2) is 0 Å². The standard InChI is InChI=1S/C32H30BrN3O4/c1-5-40-31(38)32(19-34)27-17-13-20-8-6-7-9-25(20)36(27)29(28(32)21-10-14-23(15-11-21)35(2)3)30(37)22-12-16-26(39-4)24(33)18-22/h6-18,27-29H,5H2,1-4H3. The molecule has 3 aromatic rings. The number of ether oxygens (including phenoxy) is 2. The maximum Gasteiger partial charge on any atom is 0.329 e. The lowest BCUT2D eigenvalue weighted by atomic mass is 9.68. The molecule has 204 valence electrons. The van der Waals surface area contributed by atoms with E-state index in [-0.39, 0.29) is 12.4 Å². The van der Waals surface area contributed by atoms with Gasteiger partial charge in [-0.2, -0.15) is 5.26 Å². The first kappa shape index (κ1) is 27.5. The minimum atomic E-state index is -1.68. The smallest absolute Gasteiger partial charge is 0.329 e. The molecule has 2 aliphatic rings. The molecule has 2 aliphatic heterocycles. The van der Waals surface area contributed by atoms with E-state index in [4.69, 9.17) is 9.47 Å². The fraction of sp³-hybridized carbons (Fsp3) is 0.281.